The van der Waals surface area contributed by atoms with Gasteiger partial charge in [0.15, 0.2) is 17.3 Å². The maximum Gasteiger partial charge on any atom is 0.169 e. The molecule has 1 saturated heterocycles. The molecule has 1 saturated carbocycles. The first kappa shape index (κ1) is 23.1. The van der Waals surface area contributed by atoms with E-state index in [0.717, 1.165) is 36.2 Å². The van der Waals surface area contributed by atoms with Gasteiger partial charge in [0.1, 0.15) is 17.6 Å². The number of rotatable bonds is 6. The molecule has 0 amide bonds. The highest BCUT2D eigenvalue weighted by atomic mass is 35.5. The quantitative estimate of drug-likeness (QED) is 0.327. The first-order valence-corrected chi connectivity index (χ1v) is 13.0. The van der Waals surface area contributed by atoms with E-state index in [4.69, 9.17) is 31.9 Å². The fraction of sp³-hybridized carbons (Fsp3) is 0.357. The molecular weight excluding hydrogens is 474 g/mol. The molecule has 3 N–H and O–H groups in total. The van der Waals surface area contributed by atoms with Crippen molar-refractivity contribution in [3.63, 3.8) is 0 Å². The van der Waals surface area contributed by atoms with Crippen LogP contribution < -0.4 is 20.5 Å². The first-order valence-electron chi connectivity index (χ1n) is 12.6. The van der Waals surface area contributed by atoms with E-state index in [0.29, 0.717) is 39.9 Å². The van der Waals surface area contributed by atoms with Gasteiger partial charge in [-0.25, -0.2) is 9.50 Å². The summed E-state index contributed by atoms with van der Waals surface area (Å²) in [4.78, 5) is 4.39. The predicted octanol–water partition coefficient (Wildman–Crippen LogP) is 6.17. The maximum absolute atomic E-state index is 6.53. The second-order valence-electron chi connectivity index (χ2n) is 9.68. The lowest BCUT2D eigenvalue weighted by Gasteiger charge is -2.18. The summed E-state index contributed by atoms with van der Waals surface area (Å²) in [5.41, 5.74) is 12.2. The predicted molar refractivity (Wildman–Crippen MR) is 142 cm³/mol. The van der Waals surface area contributed by atoms with E-state index >= 15 is 0 Å². The lowest BCUT2D eigenvalue weighted by atomic mass is 9.86. The van der Waals surface area contributed by atoms with Gasteiger partial charge in [-0.2, -0.15) is 5.10 Å². The lowest BCUT2D eigenvalue weighted by Crippen LogP contribution is -2.11. The molecule has 3 heterocycles. The van der Waals surface area contributed by atoms with Crippen molar-refractivity contribution in [1.29, 1.82) is 0 Å². The standard InChI is InChI=1S/C28H30ClN5O2/c1-35-23-13-18(9-10-22(23)36-21-8-4-7-20(29)14-21)24-25(19-11-12-31-15-19)26(17-5-2-3-6-17)34-27(24)28(30)32-16-33-34/h4,7-10,13-14,16-17,19,31H,2-3,5-6,11-12,15H2,1H3,(H2,30,32,33). The summed E-state index contributed by atoms with van der Waals surface area (Å²) >= 11 is 6.15. The first-order chi connectivity index (χ1) is 17.6. The van der Waals surface area contributed by atoms with Gasteiger partial charge < -0.3 is 20.5 Å². The molecule has 1 aliphatic carbocycles. The van der Waals surface area contributed by atoms with Crippen molar-refractivity contribution in [3.05, 3.63) is 65.1 Å². The van der Waals surface area contributed by atoms with Crippen LogP contribution in [0.1, 0.15) is 55.2 Å². The number of ether oxygens (including phenoxy) is 2. The van der Waals surface area contributed by atoms with E-state index in [1.165, 1.54) is 36.9 Å². The minimum atomic E-state index is 0.394. The number of anilines is 1. The fourth-order valence-corrected chi connectivity index (χ4v) is 6.10. The highest BCUT2D eigenvalue weighted by molar-refractivity contribution is 6.30. The van der Waals surface area contributed by atoms with Gasteiger partial charge in [-0.15, -0.1) is 0 Å². The van der Waals surface area contributed by atoms with Crippen molar-refractivity contribution < 1.29 is 9.47 Å². The summed E-state index contributed by atoms with van der Waals surface area (Å²) in [5.74, 6) is 3.28. The van der Waals surface area contributed by atoms with Gasteiger partial charge in [-0.05, 0) is 67.3 Å². The third kappa shape index (κ3) is 4.06. The topological polar surface area (TPSA) is 86.7 Å². The van der Waals surface area contributed by atoms with Crippen LogP contribution in [0.3, 0.4) is 0 Å². The molecule has 1 unspecified atom stereocenters. The Morgan fingerprint density at radius 1 is 1.06 bits per heavy atom. The Morgan fingerprint density at radius 3 is 2.67 bits per heavy atom. The maximum atomic E-state index is 6.53. The van der Waals surface area contributed by atoms with Crippen molar-refractivity contribution >= 4 is 22.9 Å². The number of fused-ring (bicyclic) bond motifs is 1. The molecule has 2 aliphatic rings. The van der Waals surface area contributed by atoms with Gasteiger partial charge in [0.2, 0.25) is 0 Å². The molecule has 0 spiro atoms. The van der Waals surface area contributed by atoms with Crippen molar-refractivity contribution in [2.45, 2.75) is 43.9 Å². The van der Waals surface area contributed by atoms with Crippen LogP contribution in [0.2, 0.25) is 5.02 Å². The molecule has 0 radical (unpaired) electrons. The highest BCUT2D eigenvalue weighted by Gasteiger charge is 2.34. The number of halogens is 1. The van der Waals surface area contributed by atoms with Gasteiger partial charge in [0.05, 0.1) is 12.8 Å². The second kappa shape index (κ2) is 9.64. The Morgan fingerprint density at radius 2 is 1.92 bits per heavy atom. The number of nitrogens with two attached hydrogens (primary N) is 1. The minimum Gasteiger partial charge on any atom is -0.493 e. The summed E-state index contributed by atoms with van der Waals surface area (Å²) in [5, 5.41) is 8.90. The summed E-state index contributed by atoms with van der Waals surface area (Å²) in [7, 11) is 1.66. The van der Waals surface area contributed by atoms with Crippen LogP contribution in [0.5, 0.6) is 17.2 Å². The zero-order valence-electron chi connectivity index (χ0n) is 20.3. The van der Waals surface area contributed by atoms with Crippen LogP contribution in [0.4, 0.5) is 5.82 Å². The largest absolute Gasteiger partial charge is 0.493 e. The molecule has 186 valence electrons. The SMILES string of the molecule is COc1cc(-c2c(C3CCNC3)c(C3CCCC3)n3ncnc(N)c23)ccc1Oc1cccc(Cl)c1. The van der Waals surface area contributed by atoms with E-state index < -0.39 is 0 Å². The summed E-state index contributed by atoms with van der Waals surface area (Å²) in [6, 6.07) is 13.4. The molecule has 1 atom stereocenters. The Labute approximate surface area is 215 Å². The number of nitrogens with zero attached hydrogens (tertiary/aromatic N) is 3. The number of aromatic nitrogens is 3. The fourth-order valence-electron chi connectivity index (χ4n) is 5.92. The number of nitrogen functional groups attached to an aromatic ring is 1. The molecule has 4 aromatic rings. The zero-order valence-corrected chi connectivity index (χ0v) is 21.1. The van der Waals surface area contributed by atoms with E-state index in [1.54, 1.807) is 19.5 Å². The van der Waals surface area contributed by atoms with Gasteiger partial charge >= 0.3 is 0 Å². The molecule has 1 aliphatic heterocycles. The van der Waals surface area contributed by atoms with Gasteiger partial charge in [-0.1, -0.05) is 36.6 Å². The number of benzene rings is 2. The van der Waals surface area contributed by atoms with E-state index in [-0.39, 0.29) is 0 Å². The Bertz CT molecular complexity index is 1410. The van der Waals surface area contributed by atoms with Crippen molar-refractivity contribution in [3.8, 4) is 28.4 Å². The third-order valence-corrected chi connectivity index (χ3v) is 7.75. The zero-order chi connectivity index (χ0) is 24.6. The van der Waals surface area contributed by atoms with Gasteiger partial charge in [0, 0.05) is 29.0 Å². The molecule has 6 rings (SSSR count). The molecule has 7 nitrogen and oxygen atoms in total. The summed E-state index contributed by atoms with van der Waals surface area (Å²) in [6.45, 7) is 1.96. The molecular formula is C28H30ClN5O2. The molecule has 2 aromatic heterocycles. The molecule has 36 heavy (non-hydrogen) atoms. The van der Waals surface area contributed by atoms with Crippen molar-refractivity contribution in [2.75, 3.05) is 25.9 Å². The van der Waals surface area contributed by atoms with Crippen LogP contribution in [0.15, 0.2) is 48.8 Å². The molecule has 2 fully saturated rings. The van der Waals surface area contributed by atoms with E-state index in [9.17, 15) is 0 Å². The van der Waals surface area contributed by atoms with E-state index in [2.05, 4.69) is 20.9 Å². The van der Waals surface area contributed by atoms with Crippen LogP contribution in [-0.4, -0.2) is 34.8 Å². The number of nitrogens with one attached hydrogen (secondary N) is 1. The number of hydrogen-bond donors (Lipinski definition) is 2. The average molecular weight is 504 g/mol. The number of methoxy groups -OCH3 is 1. The Balaban J connectivity index is 1.54. The average Bonchev–Trinajstić information content (AvgIpc) is 3.64. The number of hydrogen-bond acceptors (Lipinski definition) is 6. The van der Waals surface area contributed by atoms with Crippen LogP contribution in [0, 0.1) is 0 Å². The normalized spacial score (nSPS) is 18.2. The van der Waals surface area contributed by atoms with Crippen LogP contribution in [-0.2, 0) is 0 Å². The molecule has 8 heteroatoms. The second-order valence-corrected chi connectivity index (χ2v) is 10.1. The highest BCUT2D eigenvalue weighted by Crippen LogP contribution is 2.48. The van der Waals surface area contributed by atoms with Gasteiger partial charge in [0.25, 0.3) is 0 Å². The van der Waals surface area contributed by atoms with Crippen molar-refractivity contribution in [2.24, 2.45) is 0 Å². The van der Waals surface area contributed by atoms with Crippen molar-refractivity contribution in [1.82, 2.24) is 19.9 Å². The van der Waals surface area contributed by atoms with Gasteiger partial charge in [-0.3, -0.25) is 0 Å². The monoisotopic (exact) mass is 503 g/mol. The third-order valence-electron chi connectivity index (χ3n) is 7.52. The van der Waals surface area contributed by atoms with Crippen LogP contribution >= 0.6 is 11.6 Å². The van der Waals surface area contributed by atoms with Crippen LogP contribution in [0.25, 0.3) is 16.6 Å². The summed E-state index contributed by atoms with van der Waals surface area (Å²) < 4.78 is 14.0. The Hall–Kier alpha value is -3.29. The minimum absolute atomic E-state index is 0.394. The molecule has 0 bridgehead atoms. The lowest BCUT2D eigenvalue weighted by molar-refractivity contribution is 0.379. The Kier molecular flexibility index (Phi) is 6.19. The molecule has 2 aromatic carbocycles. The van der Waals surface area contributed by atoms with E-state index in [1.807, 2.05) is 30.3 Å². The smallest absolute Gasteiger partial charge is 0.169 e. The summed E-state index contributed by atoms with van der Waals surface area (Å²) in [6.07, 6.45) is 7.52.